The molecule has 1 unspecified atom stereocenters. The number of hydrogen-bond donors (Lipinski definition) is 1. The number of ketones is 1. The molecule has 126 valence electrons. The van der Waals surface area contributed by atoms with Crippen molar-refractivity contribution >= 4 is 11.5 Å². The topological polar surface area (TPSA) is 53.4 Å². The molecule has 1 aromatic heterocycles. The third-order valence-corrected chi connectivity index (χ3v) is 4.15. The quantitative estimate of drug-likeness (QED) is 0.727. The molecule has 1 atom stereocenters. The van der Waals surface area contributed by atoms with Crippen molar-refractivity contribution in [3.05, 3.63) is 95.3 Å². The highest BCUT2D eigenvalue weighted by Gasteiger charge is 2.20. The number of rotatable bonds is 5. The van der Waals surface area contributed by atoms with Gasteiger partial charge in [-0.3, -0.25) is 9.78 Å². The van der Waals surface area contributed by atoms with E-state index in [9.17, 15) is 9.90 Å². The fourth-order valence-electron chi connectivity index (χ4n) is 2.71. The van der Waals surface area contributed by atoms with Crippen LogP contribution in [0.15, 0.2) is 73.1 Å². The Morgan fingerprint density at radius 3 is 2.32 bits per heavy atom. The van der Waals surface area contributed by atoms with Crippen molar-refractivity contribution in [3.63, 3.8) is 0 Å². The maximum atomic E-state index is 12.8. The first-order valence-electron chi connectivity index (χ1n) is 8.07. The van der Waals surface area contributed by atoms with E-state index >= 15 is 0 Å². The molecule has 1 heterocycles. The van der Waals surface area contributed by atoms with Crippen molar-refractivity contribution in [3.8, 4) is 0 Å². The highest BCUT2D eigenvalue weighted by atomic mass is 16.3. The summed E-state index contributed by atoms with van der Waals surface area (Å²) >= 11 is 0. The van der Waals surface area contributed by atoms with Crippen LogP contribution in [0.3, 0.4) is 0 Å². The van der Waals surface area contributed by atoms with Crippen LogP contribution in [-0.4, -0.2) is 30.0 Å². The number of carbonyl (C=O) groups excluding carboxylic acids is 1. The second-order valence-corrected chi connectivity index (χ2v) is 6.05. The summed E-state index contributed by atoms with van der Waals surface area (Å²) in [6, 6.07) is 18.3. The maximum Gasteiger partial charge on any atom is 0.193 e. The standard InChI is InChI=1S/C21H20N2O2/c1-23(2)17-10-8-16(9-11-17)21(25)19-14-22-13-12-18(19)20(24)15-6-4-3-5-7-15/h3-14,21,25H,1-2H3. The van der Waals surface area contributed by atoms with Crippen LogP contribution in [0, 0.1) is 0 Å². The predicted octanol–water partition coefficient (Wildman–Crippen LogP) is 3.46. The molecule has 0 saturated heterocycles. The second kappa shape index (κ2) is 7.28. The zero-order valence-corrected chi connectivity index (χ0v) is 14.3. The van der Waals surface area contributed by atoms with Crippen LogP contribution in [0.2, 0.25) is 0 Å². The predicted molar refractivity (Wildman–Crippen MR) is 98.9 cm³/mol. The van der Waals surface area contributed by atoms with Crippen molar-refractivity contribution in [1.82, 2.24) is 4.98 Å². The number of hydrogen-bond acceptors (Lipinski definition) is 4. The van der Waals surface area contributed by atoms with Gasteiger partial charge in [0.15, 0.2) is 5.78 Å². The lowest BCUT2D eigenvalue weighted by atomic mass is 9.94. The van der Waals surface area contributed by atoms with Crippen molar-refractivity contribution in [2.45, 2.75) is 6.10 Å². The summed E-state index contributed by atoms with van der Waals surface area (Å²) in [4.78, 5) is 18.9. The Bertz CT molecular complexity index is 859. The Balaban J connectivity index is 1.96. The SMILES string of the molecule is CN(C)c1ccc(C(O)c2cnccc2C(=O)c2ccccc2)cc1. The Morgan fingerprint density at radius 1 is 1.00 bits per heavy atom. The first-order valence-corrected chi connectivity index (χ1v) is 8.07. The van der Waals surface area contributed by atoms with Gasteiger partial charge in [0.2, 0.25) is 0 Å². The normalized spacial score (nSPS) is 11.8. The molecule has 0 bridgehead atoms. The molecular formula is C21H20N2O2. The van der Waals surface area contributed by atoms with E-state index in [0.717, 1.165) is 11.3 Å². The fourth-order valence-corrected chi connectivity index (χ4v) is 2.71. The number of aromatic nitrogens is 1. The molecule has 4 heteroatoms. The zero-order chi connectivity index (χ0) is 17.8. The highest BCUT2D eigenvalue weighted by Crippen LogP contribution is 2.27. The van der Waals surface area contributed by atoms with Gasteiger partial charge in [-0.1, -0.05) is 42.5 Å². The van der Waals surface area contributed by atoms with Gasteiger partial charge in [-0.05, 0) is 23.8 Å². The number of aliphatic hydroxyl groups is 1. The molecule has 25 heavy (non-hydrogen) atoms. The molecule has 1 N–H and O–H groups in total. The van der Waals surface area contributed by atoms with Crippen LogP contribution in [0.25, 0.3) is 0 Å². The van der Waals surface area contributed by atoms with Gasteiger partial charge in [0.05, 0.1) is 0 Å². The minimum absolute atomic E-state index is 0.123. The smallest absolute Gasteiger partial charge is 0.193 e. The molecule has 3 rings (SSSR count). The molecule has 0 spiro atoms. The summed E-state index contributed by atoms with van der Waals surface area (Å²) in [7, 11) is 3.92. The van der Waals surface area contributed by atoms with Crippen LogP contribution in [0.5, 0.6) is 0 Å². The van der Waals surface area contributed by atoms with E-state index in [4.69, 9.17) is 0 Å². The number of anilines is 1. The summed E-state index contributed by atoms with van der Waals surface area (Å²) < 4.78 is 0. The third kappa shape index (κ3) is 3.59. The van der Waals surface area contributed by atoms with Crippen LogP contribution >= 0.6 is 0 Å². The third-order valence-electron chi connectivity index (χ3n) is 4.15. The number of nitrogens with zero attached hydrogens (tertiary/aromatic N) is 2. The van der Waals surface area contributed by atoms with E-state index in [0.29, 0.717) is 16.7 Å². The molecule has 0 radical (unpaired) electrons. The minimum atomic E-state index is -0.910. The molecule has 0 aliphatic carbocycles. The van der Waals surface area contributed by atoms with Gasteiger partial charge >= 0.3 is 0 Å². The molecule has 3 aromatic rings. The average molecular weight is 332 g/mol. The maximum absolute atomic E-state index is 12.8. The van der Waals surface area contributed by atoms with Gasteiger partial charge in [0.25, 0.3) is 0 Å². The fraction of sp³-hybridized carbons (Fsp3) is 0.143. The number of benzene rings is 2. The van der Waals surface area contributed by atoms with Crippen LogP contribution < -0.4 is 4.90 Å². The zero-order valence-electron chi connectivity index (χ0n) is 14.3. The first-order chi connectivity index (χ1) is 12.1. The van der Waals surface area contributed by atoms with Gasteiger partial charge in [-0.25, -0.2) is 0 Å². The summed E-state index contributed by atoms with van der Waals surface area (Å²) in [6.45, 7) is 0. The van der Waals surface area contributed by atoms with Crippen molar-refractivity contribution in [2.75, 3.05) is 19.0 Å². The van der Waals surface area contributed by atoms with Gasteiger partial charge in [0, 0.05) is 48.9 Å². The van der Waals surface area contributed by atoms with Crippen molar-refractivity contribution in [1.29, 1.82) is 0 Å². The van der Waals surface area contributed by atoms with Crippen LogP contribution in [0.1, 0.15) is 33.2 Å². The molecule has 0 fully saturated rings. The Labute approximate surface area is 147 Å². The van der Waals surface area contributed by atoms with E-state index in [1.807, 2.05) is 61.5 Å². The summed E-state index contributed by atoms with van der Waals surface area (Å²) in [6.07, 6.45) is 2.22. The molecule has 0 amide bonds. The Kier molecular flexibility index (Phi) is 4.91. The summed E-state index contributed by atoms with van der Waals surface area (Å²) in [5.74, 6) is -0.123. The van der Waals surface area contributed by atoms with E-state index in [-0.39, 0.29) is 5.78 Å². The second-order valence-electron chi connectivity index (χ2n) is 6.05. The van der Waals surface area contributed by atoms with Crippen LogP contribution in [-0.2, 0) is 0 Å². The molecule has 2 aromatic carbocycles. The molecule has 0 aliphatic rings. The van der Waals surface area contributed by atoms with E-state index < -0.39 is 6.10 Å². The van der Waals surface area contributed by atoms with E-state index in [2.05, 4.69) is 4.98 Å². The van der Waals surface area contributed by atoms with Gasteiger partial charge < -0.3 is 10.0 Å². The summed E-state index contributed by atoms with van der Waals surface area (Å²) in [5.41, 5.74) is 3.33. The van der Waals surface area contributed by atoms with E-state index in [1.165, 1.54) is 0 Å². The highest BCUT2D eigenvalue weighted by molar-refractivity contribution is 6.09. The van der Waals surface area contributed by atoms with E-state index in [1.54, 1.807) is 30.6 Å². The molecule has 4 nitrogen and oxygen atoms in total. The number of pyridine rings is 1. The number of carbonyl (C=O) groups is 1. The van der Waals surface area contributed by atoms with Gasteiger partial charge in [0.1, 0.15) is 6.10 Å². The lowest BCUT2D eigenvalue weighted by molar-refractivity contribution is 0.103. The monoisotopic (exact) mass is 332 g/mol. The Morgan fingerprint density at radius 2 is 1.68 bits per heavy atom. The van der Waals surface area contributed by atoms with Gasteiger partial charge in [-0.15, -0.1) is 0 Å². The lowest BCUT2D eigenvalue weighted by Gasteiger charge is -2.17. The Hall–Kier alpha value is -2.98. The van der Waals surface area contributed by atoms with Crippen molar-refractivity contribution < 1.29 is 9.90 Å². The van der Waals surface area contributed by atoms with Gasteiger partial charge in [-0.2, -0.15) is 0 Å². The van der Waals surface area contributed by atoms with Crippen molar-refractivity contribution in [2.24, 2.45) is 0 Å². The molecule has 0 saturated carbocycles. The minimum Gasteiger partial charge on any atom is -0.384 e. The average Bonchev–Trinajstić information content (AvgIpc) is 2.67. The first kappa shape index (κ1) is 16.9. The molecular weight excluding hydrogens is 312 g/mol. The van der Waals surface area contributed by atoms with Crippen LogP contribution in [0.4, 0.5) is 5.69 Å². The largest absolute Gasteiger partial charge is 0.384 e. The summed E-state index contributed by atoms with van der Waals surface area (Å²) in [5, 5.41) is 10.8. The lowest BCUT2D eigenvalue weighted by Crippen LogP contribution is -2.11. The number of aliphatic hydroxyl groups excluding tert-OH is 1. The molecule has 0 aliphatic heterocycles.